The highest BCUT2D eigenvalue weighted by Crippen LogP contribution is 2.66. The van der Waals surface area contributed by atoms with Gasteiger partial charge in [-0.3, -0.25) is 14.4 Å². The van der Waals surface area contributed by atoms with Crippen LogP contribution in [-0.2, 0) is 14.4 Å². The molecule has 8 heteroatoms. The van der Waals surface area contributed by atoms with E-state index < -0.39 is 28.2 Å². The molecule has 3 aliphatic rings. The van der Waals surface area contributed by atoms with Gasteiger partial charge in [0, 0.05) is 44.1 Å². The summed E-state index contributed by atoms with van der Waals surface area (Å²) in [6.45, 7) is 19.9. The van der Waals surface area contributed by atoms with Crippen LogP contribution in [-0.4, -0.2) is 92.4 Å². The van der Waals surface area contributed by atoms with Gasteiger partial charge < -0.3 is 19.8 Å². The molecule has 1 N–H and O–H groups in total. The van der Waals surface area contributed by atoms with Crippen LogP contribution in [0.25, 0.3) is 0 Å². The first-order valence-electron chi connectivity index (χ1n) is 14.1. The minimum atomic E-state index is -0.606. The first-order chi connectivity index (χ1) is 17.8. The Kier molecular flexibility index (Phi) is 9.50. The van der Waals surface area contributed by atoms with Crippen molar-refractivity contribution in [2.45, 2.75) is 94.7 Å². The SMILES string of the molecule is C=CCN(C)C(=O)[C@@H]1[C@H]2C(=O)N(CCCCCO)C(C(=O)N(CC=C)C(C)(C)CC(C)(C)C)C23CC[C@H]1S3. The molecule has 0 radical (unpaired) electrons. The second-order valence-corrected chi connectivity index (χ2v) is 14.8. The third kappa shape index (κ3) is 5.72. The normalized spacial score (nSPS) is 28.4. The molecule has 38 heavy (non-hydrogen) atoms. The molecule has 7 nitrogen and oxygen atoms in total. The summed E-state index contributed by atoms with van der Waals surface area (Å²) in [5.41, 5.74) is -0.433. The number of amides is 3. The number of nitrogens with zero attached hydrogens (tertiary/aromatic N) is 3. The van der Waals surface area contributed by atoms with Gasteiger partial charge in [0.15, 0.2) is 0 Å². The molecule has 214 valence electrons. The third-order valence-corrected chi connectivity index (χ3v) is 10.4. The van der Waals surface area contributed by atoms with Crippen molar-refractivity contribution in [3.05, 3.63) is 25.3 Å². The van der Waals surface area contributed by atoms with E-state index in [1.807, 2.05) is 4.90 Å². The van der Waals surface area contributed by atoms with E-state index in [1.165, 1.54) is 0 Å². The number of likely N-dealkylation sites (N-methyl/N-ethyl adjacent to an activating group) is 1. The highest BCUT2D eigenvalue weighted by Gasteiger charge is 2.74. The molecule has 3 fully saturated rings. The average molecular weight is 548 g/mol. The number of hydrogen-bond acceptors (Lipinski definition) is 5. The minimum absolute atomic E-state index is 0.00725. The molecule has 3 aliphatic heterocycles. The van der Waals surface area contributed by atoms with Crippen molar-refractivity contribution in [3.63, 3.8) is 0 Å². The summed E-state index contributed by atoms with van der Waals surface area (Å²) in [6, 6.07) is -0.606. The summed E-state index contributed by atoms with van der Waals surface area (Å²) in [6.07, 6.45) is 8.04. The van der Waals surface area contributed by atoms with E-state index in [0.717, 1.165) is 32.1 Å². The second kappa shape index (κ2) is 11.7. The Hall–Kier alpha value is -1.80. The molecular weight excluding hydrogens is 498 g/mol. The van der Waals surface area contributed by atoms with Crippen molar-refractivity contribution in [2.75, 3.05) is 33.3 Å². The van der Waals surface area contributed by atoms with E-state index in [-0.39, 0.29) is 35.0 Å². The van der Waals surface area contributed by atoms with Crippen LogP contribution in [0.1, 0.15) is 73.1 Å². The fourth-order valence-electron chi connectivity index (χ4n) is 7.37. The molecular formula is C30H49N3O4S. The Bertz CT molecular complexity index is 929. The lowest BCUT2D eigenvalue weighted by atomic mass is 9.70. The van der Waals surface area contributed by atoms with Crippen molar-refractivity contribution in [2.24, 2.45) is 17.3 Å². The van der Waals surface area contributed by atoms with Gasteiger partial charge in [0.05, 0.1) is 16.6 Å². The zero-order valence-electron chi connectivity index (χ0n) is 24.4. The summed E-state index contributed by atoms with van der Waals surface area (Å²) in [4.78, 5) is 47.9. The van der Waals surface area contributed by atoms with Crippen molar-refractivity contribution in [1.29, 1.82) is 0 Å². The van der Waals surface area contributed by atoms with Crippen LogP contribution in [0.3, 0.4) is 0 Å². The molecule has 0 aromatic heterocycles. The monoisotopic (exact) mass is 547 g/mol. The Labute approximate surface area is 234 Å². The van der Waals surface area contributed by atoms with Crippen molar-refractivity contribution >= 4 is 29.5 Å². The zero-order valence-corrected chi connectivity index (χ0v) is 25.2. The van der Waals surface area contributed by atoms with Crippen molar-refractivity contribution in [3.8, 4) is 0 Å². The van der Waals surface area contributed by atoms with E-state index in [9.17, 15) is 19.5 Å². The maximum Gasteiger partial charge on any atom is 0.247 e. The van der Waals surface area contributed by atoms with Crippen LogP contribution < -0.4 is 0 Å². The number of aliphatic hydroxyl groups is 1. The van der Waals surface area contributed by atoms with Gasteiger partial charge in [0.25, 0.3) is 0 Å². The lowest BCUT2D eigenvalue weighted by Crippen LogP contribution is -2.60. The summed E-state index contributed by atoms with van der Waals surface area (Å²) in [5, 5.41) is 9.32. The van der Waals surface area contributed by atoms with Gasteiger partial charge in [0.2, 0.25) is 17.7 Å². The van der Waals surface area contributed by atoms with Gasteiger partial charge in [-0.1, -0.05) is 32.9 Å². The number of unbranched alkanes of at least 4 members (excludes halogenated alkanes) is 2. The number of fused-ring (bicyclic) bond motifs is 1. The number of hydrogen-bond donors (Lipinski definition) is 1. The number of carbonyl (C=O) groups excluding carboxylic acids is 3. The Morgan fingerprint density at radius 3 is 2.34 bits per heavy atom. The van der Waals surface area contributed by atoms with E-state index in [4.69, 9.17) is 0 Å². The molecule has 0 aromatic carbocycles. The van der Waals surface area contributed by atoms with E-state index >= 15 is 0 Å². The largest absolute Gasteiger partial charge is 0.396 e. The summed E-state index contributed by atoms with van der Waals surface area (Å²) in [5.74, 6) is -1.02. The Morgan fingerprint density at radius 1 is 1.11 bits per heavy atom. The first-order valence-corrected chi connectivity index (χ1v) is 15.0. The van der Waals surface area contributed by atoms with Gasteiger partial charge in [-0.15, -0.1) is 24.9 Å². The van der Waals surface area contributed by atoms with Crippen LogP contribution >= 0.6 is 11.8 Å². The van der Waals surface area contributed by atoms with Gasteiger partial charge in [-0.2, -0.15) is 0 Å². The molecule has 5 atom stereocenters. The minimum Gasteiger partial charge on any atom is -0.396 e. The lowest BCUT2D eigenvalue weighted by molar-refractivity contribution is -0.147. The maximum absolute atomic E-state index is 14.7. The molecule has 3 saturated heterocycles. The summed E-state index contributed by atoms with van der Waals surface area (Å²) in [7, 11) is 1.77. The fraction of sp³-hybridized carbons (Fsp3) is 0.767. The second-order valence-electron chi connectivity index (χ2n) is 13.2. The Morgan fingerprint density at radius 2 is 1.76 bits per heavy atom. The first kappa shape index (κ1) is 30.7. The topological polar surface area (TPSA) is 81.2 Å². The predicted octanol–water partition coefficient (Wildman–Crippen LogP) is 4.11. The number of thioether (sulfide) groups is 1. The molecule has 3 heterocycles. The highest BCUT2D eigenvalue weighted by molar-refractivity contribution is 8.02. The van der Waals surface area contributed by atoms with Crippen LogP contribution in [0.4, 0.5) is 0 Å². The lowest BCUT2D eigenvalue weighted by Gasteiger charge is -2.46. The zero-order chi connectivity index (χ0) is 28.5. The maximum atomic E-state index is 14.7. The number of aliphatic hydroxyl groups excluding tert-OH is 1. The standard InChI is InChI=1S/C30H49N3O4S/c1-9-16-31(8)25(35)22-21-14-15-30(38-21)23(22)26(36)32(18-12-11-13-19-34)24(30)27(37)33(17-10-2)29(6,7)20-28(3,4)5/h9-10,21-24,34H,1-2,11-20H2,3-8H3/t21-,22+,23+,24?,30?/m1/s1. The molecule has 3 rings (SSSR count). The summed E-state index contributed by atoms with van der Waals surface area (Å²) < 4.78 is -0.595. The van der Waals surface area contributed by atoms with E-state index in [1.54, 1.807) is 40.8 Å². The van der Waals surface area contributed by atoms with Crippen LogP contribution in [0.2, 0.25) is 0 Å². The van der Waals surface area contributed by atoms with Gasteiger partial charge >= 0.3 is 0 Å². The van der Waals surface area contributed by atoms with Crippen molar-refractivity contribution in [1.82, 2.24) is 14.7 Å². The molecule has 0 aromatic rings. The van der Waals surface area contributed by atoms with Crippen molar-refractivity contribution < 1.29 is 19.5 Å². The number of rotatable bonds is 13. The molecule has 0 aliphatic carbocycles. The molecule has 1 spiro atoms. The molecule has 2 unspecified atom stereocenters. The van der Waals surface area contributed by atoms with Gasteiger partial charge in [-0.25, -0.2) is 0 Å². The number of likely N-dealkylation sites (tertiary alicyclic amines) is 1. The molecule has 3 amide bonds. The quantitative estimate of drug-likeness (QED) is 0.277. The fourth-order valence-corrected chi connectivity index (χ4v) is 9.57. The summed E-state index contributed by atoms with van der Waals surface area (Å²) >= 11 is 1.72. The number of carbonyl (C=O) groups is 3. The predicted molar refractivity (Wildman–Crippen MR) is 155 cm³/mol. The molecule has 0 saturated carbocycles. The van der Waals surface area contributed by atoms with Gasteiger partial charge in [0.1, 0.15) is 6.04 Å². The van der Waals surface area contributed by atoms with Gasteiger partial charge in [-0.05, 0) is 57.8 Å². The molecule has 2 bridgehead atoms. The smallest absolute Gasteiger partial charge is 0.247 e. The van der Waals surface area contributed by atoms with Crippen LogP contribution in [0, 0.1) is 17.3 Å². The van der Waals surface area contributed by atoms with Crippen LogP contribution in [0.15, 0.2) is 25.3 Å². The highest BCUT2D eigenvalue weighted by atomic mass is 32.2. The van der Waals surface area contributed by atoms with Crippen LogP contribution in [0.5, 0.6) is 0 Å². The average Bonchev–Trinajstić information content (AvgIpc) is 3.45. The Balaban J connectivity index is 2.04. The van der Waals surface area contributed by atoms with E-state index in [0.29, 0.717) is 26.1 Å². The van der Waals surface area contributed by atoms with E-state index in [2.05, 4.69) is 47.8 Å². The third-order valence-electron chi connectivity index (χ3n) is 8.43.